The maximum atomic E-state index is 6.33. The van der Waals surface area contributed by atoms with Crippen molar-refractivity contribution < 1.29 is 14.2 Å². The van der Waals surface area contributed by atoms with Crippen LogP contribution >= 0.6 is 11.3 Å². The molecule has 1 atom stereocenters. The van der Waals surface area contributed by atoms with Gasteiger partial charge in [-0.3, -0.25) is 0 Å². The predicted molar refractivity (Wildman–Crippen MR) is 139 cm³/mol. The molecule has 7 nitrogen and oxygen atoms in total. The van der Waals surface area contributed by atoms with Crippen LogP contribution in [0.3, 0.4) is 0 Å². The fourth-order valence-corrected chi connectivity index (χ4v) is 5.72. The highest BCUT2D eigenvalue weighted by Crippen LogP contribution is 2.52. The monoisotopic (exact) mass is 490 g/mol. The summed E-state index contributed by atoms with van der Waals surface area (Å²) >= 11 is 1.70. The first kappa shape index (κ1) is 22.2. The van der Waals surface area contributed by atoms with E-state index in [0.717, 1.165) is 57.9 Å². The molecule has 1 spiro atoms. The van der Waals surface area contributed by atoms with Crippen molar-refractivity contribution in [2.24, 2.45) is 16.1 Å². The minimum atomic E-state index is -0.794. The number of thiazole rings is 1. The summed E-state index contributed by atoms with van der Waals surface area (Å²) in [6.45, 7) is 9.52. The third-order valence-electron chi connectivity index (χ3n) is 6.61. The highest BCUT2D eigenvalue weighted by Gasteiger charge is 2.47. The predicted octanol–water partition coefficient (Wildman–Crippen LogP) is 5.53. The number of hydrogen-bond donors (Lipinski definition) is 1. The van der Waals surface area contributed by atoms with E-state index >= 15 is 0 Å². The lowest BCUT2D eigenvalue weighted by Gasteiger charge is -2.34. The molecule has 3 aliphatic rings. The first-order chi connectivity index (χ1) is 16.8. The van der Waals surface area contributed by atoms with Gasteiger partial charge in [-0.1, -0.05) is 20.8 Å². The third kappa shape index (κ3) is 3.99. The van der Waals surface area contributed by atoms with Crippen LogP contribution < -0.4 is 20.1 Å². The lowest BCUT2D eigenvalue weighted by Crippen LogP contribution is -2.31. The first-order valence-corrected chi connectivity index (χ1v) is 13.0. The zero-order chi connectivity index (χ0) is 24.2. The van der Waals surface area contributed by atoms with Gasteiger partial charge < -0.3 is 24.8 Å². The lowest BCUT2D eigenvalue weighted by atomic mass is 9.80. The van der Waals surface area contributed by atoms with Crippen LogP contribution in [0.2, 0.25) is 0 Å². The quantitative estimate of drug-likeness (QED) is 0.518. The Bertz CT molecular complexity index is 1310. The second-order valence-electron chi connectivity index (χ2n) is 10.6. The van der Waals surface area contributed by atoms with Crippen LogP contribution in [0.4, 0.5) is 5.13 Å². The minimum absolute atomic E-state index is 0.0477. The normalized spacial score (nSPS) is 20.8. The van der Waals surface area contributed by atoms with Crippen molar-refractivity contribution in [2.75, 3.05) is 31.2 Å². The SMILES string of the molecule is CC(C)(C)COc1ccc2c(c1)[C@]1(COC(N)=N1)c1cc(-c3csc(N4CCCC4)n3)ccc1O2. The molecule has 0 amide bonds. The van der Waals surface area contributed by atoms with E-state index in [2.05, 4.69) is 43.2 Å². The van der Waals surface area contributed by atoms with Crippen molar-refractivity contribution in [3.8, 4) is 28.5 Å². The molecule has 1 fully saturated rings. The Morgan fingerprint density at radius 1 is 1.09 bits per heavy atom. The van der Waals surface area contributed by atoms with Crippen LogP contribution in [0, 0.1) is 5.41 Å². The lowest BCUT2D eigenvalue weighted by molar-refractivity contribution is 0.197. The number of nitrogens with zero attached hydrogens (tertiary/aromatic N) is 3. The fourth-order valence-electron chi connectivity index (χ4n) is 4.83. The first-order valence-electron chi connectivity index (χ1n) is 12.1. The van der Waals surface area contributed by atoms with Crippen LogP contribution in [0.1, 0.15) is 44.7 Å². The van der Waals surface area contributed by atoms with Crippen LogP contribution in [-0.4, -0.2) is 37.3 Å². The van der Waals surface area contributed by atoms with Gasteiger partial charge in [0, 0.05) is 35.2 Å². The zero-order valence-electron chi connectivity index (χ0n) is 20.3. The summed E-state index contributed by atoms with van der Waals surface area (Å²) in [5.74, 6) is 2.26. The van der Waals surface area contributed by atoms with Crippen molar-refractivity contribution in [3.63, 3.8) is 0 Å². The second-order valence-corrected chi connectivity index (χ2v) is 11.5. The highest BCUT2D eigenvalue weighted by atomic mass is 32.1. The number of amidine groups is 1. The Hall–Kier alpha value is -3.26. The van der Waals surface area contributed by atoms with Gasteiger partial charge in [0.2, 0.25) is 0 Å². The molecule has 3 aliphatic heterocycles. The van der Waals surface area contributed by atoms with Crippen molar-refractivity contribution >= 4 is 22.5 Å². The third-order valence-corrected chi connectivity index (χ3v) is 7.51. The van der Waals surface area contributed by atoms with Gasteiger partial charge in [0.1, 0.15) is 23.9 Å². The van der Waals surface area contributed by atoms with Crippen molar-refractivity contribution in [1.29, 1.82) is 0 Å². The van der Waals surface area contributed by atoms with E-state index in [1.54, 1.807) is 11.3 Å². The number of fused-ring (bicyclic) bond motifs is 4. The summed E-state index contributed by atoms with van der Waals surface area (Å²) in [5, 5.41) is 3.21. The molecule has 2 aromatic carbocycles. The van der Waals surface area contributed by atoms with Gasteiger partial charge in [-0.05, 0) is 54.7 Å². The molecule has 0 saturated carbocycles. The summed E-state index contributed by atoms with van der Waals surface area (Å²) in [7, 11) is 0. The van der Waals surface area contributed by atoms with Crippen LogP contribution in [0.15, 0.2) is 46.8 Å². The Morgan fingerprint density at radius 3 is 2.54 bits per heavy atom. The van der Waals surface area contributed by atoms with Crippen molar-refractivity contribution in [3.05, 3.63) is 52.9 Å². The minimum Gasteiger partial charge on any atom is -0.493 e. The molecule has 0 bridgehead atoms. The van der Waals surface area contributed by atoms with Gasteiger partial charge in [0.05, 0.1) is 12.3 Å². The molecule has 4 heterocycles. The molecular weight excluding hydrogens is 460 g/mol. The van der Waals surface area contributed by atoms with Crippen molar-refractivity contribution in [2.45, 2.75) is 39.2 Å². The standard InChI is InChI=1S/C27H30N4O3S/c1-26(2,3)15-32-18-7-9-23-20(13-18)27(16-33-24(28)30-27)19-12-17(6-8-22(19)34-23)21-14-35-25(29-21)31-10-4-5-11-31/h6-9,12-14H,4-5,10-11,15-16H2,1-3H3,(H2,28,30)/t27-/m0/s1. The second kappa shape index (κ2) is 8.16. The molecule has 1 saturated heterocycles. The van der Waals surface area contributed by atoms with Crippen LogP contribution in [0.25, 0.3) is 11.3 Å². The Kier molecular flexibility index (Phi) is 5.18. The number of aromatic nitrogens is 1. The summed E-state index contributed by atoms with van der Waals surface area (Å²) < 4.78 is 18.2. The summed E-state index contributed by atoms with van der Waals surface area (Å²) in [4.78, 5) is 12.1. The molecule has 0 unspecified atom stereocenters. The van der Waals surface area contributed by atoms with E-state index < -0.39 is 5.54 Å². The topological polar surface area (TPSA) is 82.2 Å². The average molecular weight is 491 g/mol. The number of aliphatic imine (C=N–C) groups is 1. The van der Waals surface area contributed by atoms with E-state index in [1.807, 2.05) is 24.3 Å². The van der Waals surface area contributed by atoms with Crippen LogP contribution in [0.5, 0.6) is 17.2 Å². The molecule has 6 rings (SSSR count). The highest BCUT2D eigenvalue weighted by molar-refractivity contribution is 7.14. The van der Waals surface area contributed by atoms with E-state index in [4.69, 9.17) is 29.9 Å². The largest absolute Gasteiger partial charge is 0.493 e. The Morgan fingerprint density at radius 2 is 1.83 bits per heavy atom. The van der Waals surface area contributed by atoms with Gasteiger partial charge >= 0.3 is 0 Å². The smallest absolute Gasteiger partial charge is 0.283 e. The molecule has 8 heteroatoms. The van der Waals surface area contributed by atoms with Gasteiger partial charge in [-0.15, -0.1) is 11.3 Å². The Balaban J connectivity index is 1.40. The zero-order valence-corrected chi connectivity index (χ0v) is 21.2. The summed E-state index contributed by atoms with van der Waals surface area (Å²) in [6.07, 6.45) is 2.46. The summed E-state index contributed by atoms with van der Waals surface area (Å²) in [6, 6.07) is 12.3. The Labute approximate surface area is 209 Å². The van der Waals surface area contributed by atoms with Crippen molar-refractivity contribution in [1.82, 2.24) is 4.98 Å². The average Bonchev–Trinajstić information content (AvgIpc) is 3.59. The molecule has 0 aliphatic carbocycles. The molecule has 182 valence electrons. The fraction of sp³-hybridized carbons (Fsp3) is 0.407. The molecule has 2 N–H and O–H groups in total. The number of ether oxygens (including phenoxy) is 3. The number of rotatable bonds is 4. The van der Waals surface area contributed by atoms with Gasteiger partial charge in [-0.25, -0.2) is 9.98 Å². The van der Waals surface area contributed by atoms with E-state index in [-0.39, 0.29) is 11.4 Å². The van der Waals surface area contributed by atoms with Gasteiger partial charge in [0.15, 0.2) is 10.7 Å². The molecule has 1 aromatic heterocycles. The maximum absolute atomic E-state index is 6.33. The number of nitrogens with two attached hydrogens (primary N) is 1. The molecular formula is C27H30N4O3S. The van der Waals surface area contributed by atoms with E-state index in [1.165, 1.54) is 12.8 Å². The number of benzene rings is 2. The maximum Gasteiger partial charge on any atom is 0.283 e. The molecule has 3 aromatic rings. The van der Waals surface area contributed by atoms with Gasteiger partial charge in [0.25, 0.3) is 6.02 Å². The van der Waals surface area contributed by atoms with E-state index in [0.29, 0.717) is 13.2 Å². The molecule has 0 radical (unpaired) electrons. The number of hydrogen-bond acceptors (Lipinski definition) is 8. The van der Waals surface area contributed by atoms with Gasteiger partial charge in [-0.2, -0.15) is 0 Å². The van der Waals surface area contributed by atoms with E-state index in [9.17, 15) is 0 Å². The number of anilines is 1. The molecule has 35 heavy (non-hydrogen) atoms. The van der Waals surface area contributed by atoms with Crippen LogP contribution in [-0.2, 0) is 10.3 Å². The summed E-state index contributed by atoms with van der Waals surface area (Å²) in [5.41, 5.74) is 9.12.